The molecule has 3 rings (SSSR count). The van der Waals surface area contributed by atoms with Crippen LogP contribution < -0.4 is 5.32 Å². The molecule has 128 valence electrons. The third-order valence-electron chi connectivity index (χ3n) is 3.97. The molecule has 0 radical (unpaired) electrons. The monoisotopic (exact) mass is 333 g/mol. The van der Waals surface area contributed by atoms with Crippen molar-refractivity contribution in [3.8, 4) is 22.6 Å². The van der Waals surface area contributed by atoms with Crippen molar-refractivity contribution >= 4 is 0 Å². The van der Waals surface area contributed by atoms with E-state index in [2.05, 4.69) is 24.1 Å². The summed E-state index contributed by atoms with van der Waals surface area (Å²) in [5.41, 5.74) is 3.44. The van der Waals surface area contributed by atoms with Crippen LogP contribution in [-0.4, -0.2) is 27.7 Å². The van der Waals surface area contributed by atoms with Gasteiger partial charge >= 0.3 is 0 Å². The molecule has 1 unspecified atom stereocenters. The van der Waals surface area contributed by atoms with Gasteiger partial charge in [-0.25, -0.2) is 9.97 Å². The van der Waals surface area contributed by atoms with Crippen LogP contribution in [-0.2, 0) is 0 Å². The van der Waals surface area contributed by atoms with Crippen LogP contribution in [0, 0.1) is 0 Å². The van der Waals surface area contributed by atoms with Gasteiger partial charge in [-0.1, -0.05) is 74.5 Å². The van der Waals surface area contributed by atoms with E-state index in [0.29, 0.717) is 18.4 Å². The third kappa shape index (κ3) is 4.29. The first kappa shape index (κ1) is 17.3. The summed E-state index contributed by atoms with van der Waals surface area (Å²) in [6, 6.07) is 20.1. The molecule has 25 heavy (non-hydrogen) atoms. The molecule has 0 aliphatic heterocycles. The average molecular weight is 333 g/mol. The molecule has 0 saturated carbocycles. The highest BCUT2D eigenvalue weighted by molar-refractivity contribution is 5.66. The van der Waals surface area contributed by atoms with Crippen molar-refractivity contribution in [3.05, 3.63) is 72.4 Å². The molecule has 2 aromatic carbocycles. The minimum atomic E-state index is -0.664. The lowest BCUT2D eigenvalue weighted by molar-refractivity contribution is 0.171. The molecule has 1 aromatic heterocycles. The summed E-state index contributed by atoms with van der Waals surface area (Å²) >= 11 is 0. The van der Waals surface area contributed by atoms with E-state index < -0.39 is 6.10 Å². The lowest BCUT2D eigenvalue weighted by Crippen LogP contribution is -2.28. The number of aliphatic hydroxyl groups excluding tert-OH is 1. The molecule has 3 aromatic rings. The maximum Gasteiger partial charge on any atom is 0.159 e. The maximum atomic E-state index is 10.6. The normalized spacial score (nSPS) is 12.3. The van der Waals surface area contributed by atoms with Crippen molar-refractivity contribution in [2.75, 3.05) is 6.54 Å². The van der Waals surface area contributed by atoms with Crippen LogP contribution in [0.4, 0.5) is 0 Å². The maximum absolute atomic E-state index is 10.6. The Morgan fingerprint density at radius 1 is 0.920 bits per heavy atom. The first-order valence-electron chi connectivity index (χ1n) is 8.54. The molecule has 0 amide bonds. The molecule has 1 heterocycles. The second-order valence-electron chi connectivity index (χ2n) is 6.31. The number of benzene rings is 2. The minimum Gasteiger partial charge on any atom is -0.387 e. The minimum absolute atomic E-state index is 0.305. The standard InChI is InChI=1S/C21H23N3O/c1-15(2)22-14-19(25)18-13-23-21(17-11-7-4-8-12-17)24-20(18)16-9-5-3-6-10-16/h3-13,15,19,22,25H,14H2,1-2H3. The van der Waals surface area contributed by atoms with Crippen LogP contribution in [0.25, 0.3) is 22.6 Å². The molecular formula is C21H23N3O. The summed E-state index contributed by atoms with van der Waals surface area (Å²) in [6.07, 6.45) is 1.08. The Labute approximate surface area is 148 Å². The number of aromatic nitrogens is 2. The summed E-state index contributed by atoms with van der Waals surface area (Å²) in [6.45, 7) is 4.57. The van der Waals surface area contributed by atoms with E-state index in [-0.39, 0.29) is 0 Å². The average Bonchev–Trinajstić information content (AvgIpc) is 2.67. The van der Waals surface area contributed by atoms with Crippen molar-refractivity contribution in [2.45, 2.75) is 26.0 Å². The second-order valence-corrected chi connectivity index (χ2v) is 6.31. The Morgan fingerprint density at radius 3 is 2.12 bits per heavy atom. The van der Waals surface area contributed by atoms with E-state index in [1.807, 2.05) is 60.7 Å². The Kier molecular flexibility index (Phi) is 5.53. The summed E-state index contributed by atoms with van der Waals surface area (Å²) < 4.78 is 0. The molecule has 0 aliphatic carbocycles. The fraction of sp³-hybridized carbons (Fsp3) is 0.238. The fourth-order valence-electron chi connectivity index (χ4n) is 2.65. The van der Waals surface area contributed by atoms with Crippen LogP contribution in [0.5, 0.6) is 0 Å². The predicted molar refractivity (Wildman–Crippen MR) is 101 cm³/mol. The fourth-order valence-corrected chi connectivity index (χ4v) is 2.65. The van der Waals surface area contributed by atoms with Crippen LogP contribution in [0.2, 0.25) is 0 Å². The molecule has 0 bridgehead atoms. The number of hydrogen-bond acceptors (Lipinski definition) is 4. The molecule has 4 nitrogen and oxygen atoms in total. The predicted octanol–water partition coefficient (Wildman–Crippen LogP) is 3.84. The number of hydrogen-bond donors (Lipinski definition) is 2. The topological polar surface area (TPSA) is 58.0 Å². The Bertz CT molecular complexity index is 804. The zero-order chi connectivity index (χ0) is 17.6. The van der Waals surface area contributed by atoms with Crippen molar-refractivity contribution in [3.63, 3.8) is 0 Å². The lowest BCUT2D eigenvalue weighted by Gasteiger charge is -2.17. The van der Waals surface area contributed by atoms with Gasteiger partial charge in [-0.2, -0.15) is 0 Å². The van der Waals surface area contributed by atoms with Gasteiger partial charge in [0.05, 0.1) is 11.8 Å². The number of aliphatic hydroxyl groups is 1. The van der Waals surface area contributed by atoms with Crippen LogP contribution >= 0.6 is 0 Å². The Balaban J connectivity index is 2.03. The quantitative estimate of drug-likeness (QED) is 0.719. The van der Waals surface area contributed by atoms with Crippen LogP contribution in [0.15, 0.2) is 66.9 Å². The largest absolute Gasteiger partial charge is 0.387 e. The SMILES string of the molecule is CC(C)NCC(O)c1cnc(-c2ccccc2)nc1-c1ccccc1. The van der Waals surface area contributed by atoms with Crippen LogP contribution in [0.1, 0.15) is 25.5 Å². The number of rotatable bonds is 6. The van der Waals surface area contributed by atoms with Gasteiger partial charge in [0.1, 0.15) is 0 Å². The van der Waals surface area contributed by atoms with Crippen molar-refractivity contribution < 1.29 is 5.11 Å². The van der Waals surface area contributed by atoms with Crippen molar-refractivity contribution in [1.82, 2.24) is 15.3 Å². The zero-order valence-corrected chi connectivity index (χ0v) is 14.6. The van der Waals surface area contributed by atoms with Gasteiger partial charge in [-0.3, -0.25) is 0 Å². The smallest absolute Gasteiger partial charge is 0.159 e. The first-order chi connectivity index (χ1) is 12.1. The highest BCUT2D eigenvalue weighted by Gasteiger charge is 2.17. The highest BCUT2D eigenvalue weighted by atomic mass is 16.3. The second kappa shape index (κ2) is 8.01. The van der Waals surface area contributed by atoms with Gasteiger partial charge < -0.3 is 10.4 Å². The van der Waals surface area contributed by atoms with Gasteiger partial charge in [0.25, 0.3) is 0 Å². The van der Waals surface area contributed by atoms with Gasteiger partial charge in [-0.05, 0) is 0 Å². The Hall–Kier alpha value is -2.56. The molecule has 1 atom stereocenters. The summed E-state index contributed by atoms with van der Waals surface area (Å²) in [7, 11) is 0. The van der Waals surface area contributed by atoms with Gasteiger partial charge in [0.15, 0.2) is 5.82 Å². The van der Waals surface area contributed by atoms with Crippen LogP contribution in [0.3, 0.4) is 0 Å². The van der Waals surface area contributed by atoms with Crippen molar-refractivity contribution in [2.24, 2.45) is 0 Å². The molecular weight excluding hydrogens is 310 g/mol. The van der Waals surface area contributed by atoms with E-state index in [1.165, 1.54) is 0 Å². The third-order valence-corrected chi connectivity index (χ3v) is 3.97. The van der Waals surface area contributed by atoms with E-state index in [0.717, 1.165) is 22.4 Å². The van der Waals surface area contributed by atoms with Gasteiger partial charge in [-0.15, -0.1) is 0 Å². The van der Waals surface area contributed by atoms with Gasteiger partial charge in [0.2, 0.25) is 0 Å². The lowest BCUT2D eigenvalue weighted by atomic mass is 10.0. The van der Waals surface area contributed by atoms with E-state index >= 15 is 0 Å². The molecule has 0 fully saturated rings. The van der Waals surface area contributed by atoms with Crippen molar-refractivity contribution in [1.29, 1.82) is 0 Å². The molecule has 0 saturated heterocycles. The van der Waals surface area contributed by atoms with E-state index in [9.17, 15) is 5.11 Å². The summed E-state index contributed by atoms with van der Waals surface area (Å²) in [4.78, 5) is 9.25. The van der Waals surface area contributed by atoms with E-state index in [1.54, 1.807) is 6.20 Å². The summed E-state index contributed by atoms with van der Waals surface area (Å²) in [5.74, 6) is 0.659. The Morgan fingerprint density at radius 2 is 1.52 bits per heavy atom. The van der Waals surface area contributed by atoms with Gasteiger partial charge in [0, 0.05) is 35.5 Å². The highest BCUT2D eigenvalue weighted by Crippen LogP contribution is 2.28. The molecule has 4 heteroatoms. The zero-order valence-electron chi connectivity index (χ0n) is 14.6. The van der Waals surface area contributed by atoms with E-state index in [4.69, 9.17) is 4.98 Å². The molecule has 0 spiro atoms. The molecule has 0 aliphatic rings. The number of nitrogens with one attached hydrogen (secondary N) is 1. The number of nitrogens with zero attached hydrogens (tertiary/aromatic N) is 2. The molecule has 2 N–H and O–H groups in total. The first-order valence-corrected chi connectivity index (χ1v) is 8.54. The summed E-state index contributed by atoms with van der Waals surface area (Å²) in [5, 5.41) is 13.9.